The zero-order valence-electron chi connectivity index (χ0n) is 9.51. The van der Waals surface area contributed by atoms with Crippen molar-refractivity contribution >= 4 is 11.8 Å². The summed E-state index contributed by atoms with van der Waals surface area (Å²) in [4.78, 5) is 0.753. The van der Waals surface area contributed by atoms with Crippen molar-refractivity contribution in [1.29, 1.82) is 0 Å². The molecule has 0 bridgehead atoms. The first-order valence-electron chi connectivity index (χ1n) is 5.19. The fraction of sp³-hybridized carbons (Fsp3) is 0.500. The minimum absolute atomic E-state index is 0.103. The Bertz CT molecular complexity index is 312. The second-order valence-corrected chi connectivity index (χ2v) is 5.06. The Labute approximate surface area is 95.5 Å². The number of hydrogen-bond acceptors (Lipinski definition) is 2. The standard InChI is InChI=1S/C12H18FNS/c1-9(2)8-15-12-5-4-10(7-14-3)6-11(12)13/h4-6,9,14H,7-8H2,1-3H3. The van der Waals surface area contributed by atoms with Gasteiger partial charge in [0, 0.05) is 17.2 Å². The zero-order chi connectivity index (χ0) is 11.3. The van der Waals surface area contributed by atoms with E-state index in [4.69, 9.17) is 0 Å². The largest absolute Gasteiger partial charge is 0.316 e. The van der Waals surface area contributed by atoms with E-state index in [0.29, 0.717) is 12.5 Å². The number of benzene rings is 1. The van der Waals surface area contributed by atoms with Crippen molar-refractivity contribution in [3.8, 4) is 0 Å². The summed E-state index contributed by atoms with van der Waals surface area (Å²) in [5.74, 6) is 1.45. The van der Waals surface area contributed by atoms with Crippen LogP contribution in [-0.2, 0) is 6.54 Å². The highest BCUT2D eigenvalue weighted by molar-refractivity contribution is 7.99. The van der Waals surface area contributed by atoms with Gasteiger partial charge < -0.3 is 5.32 Å². The number of thioether (sulfide) groups is 1. The van der Waals surface area contributed by atoms with Gasteiger partial charge >= 0.3 is 0 Å². The SMILES string of the molecule is CNCc1ccc(SCC(C)C)c(F)c1. The highest BCUT2D eigenvalue weighted by atomic mass is 32.2. The van der Waals surface area contributed by atoms with E-state index in [0.717, 1.165) is 16.2 Å². The molecule has 1 aromatic carbocycles. The van der Waals surface area contributed by atoms with Crippen LogP contribution in [0.25, 0.3) is 0 Å². The molecule has 0 amide bonds. The Balaban J connectivity index is 2.66. The van der Waals surface area contributed by atoms with E-state index in [2.05, 4.69) is 19.2 Å². The first-order chi connectivity index (χ1) is 7.13. The Morgan fingerprint density at radius 2 is 2.13 bits per heavy atom. The number of nitrogens with one attached hydrogen (secondary N) is 1. The van der Waals surface area contributed by atoms with Crippen molar-refractivity contribution in [1.82, 2.24) is 5.32 Å². The number of halogens is 1. The molecule has 1 aromatic rings. The minimum Gasteiger partial charge on any atom is -0.316 e. The Morgan fingerprint density at radius 3 is 2.67 bits per heavy atom. The van der Waals surface area contributed by atoms with Gasteiger partial charge in [-0.15, -0.1) is 11.8 Å². The predicted molar refractivity (Wildman–Crippen MR) is 64.7 cm³/mol. The lowest BCUT2D eigenvalue weighted by atomic mass is 10.2. The summed E-state index contributed by atoms with van der Waals surface area (Å²) in [6, 6.07) is 5.45. The normalized spacial score (nSPS) is 11.0. The lowest BCUT2D eigenvalue weighted by molar-refractivity contribution is 0.597. The van der Waals surface area contributed by atoms with E-state index in [-0.39, 0.29) is 5.82 Å². The summed E-state index contributed by atoms with van der Waals surface area (Å²) >= 11 is 1.59. The molecule has 0 saturated carbocycles. The fourth-order valence-corrected chi connectivity index (χ4v) is 2.11. The van der Waals surface area contributed by atoms with E-state index < -0.39 is 0 Å². The van der Waals surface area contributed by atoms with Gasteiger partial charge in [0.05, 0.1) is 0 Å². The molecule has 0 spiro atoms. The van der Waals surface area contributed by atoms with E-state index in [9.17, 15) is 4.39 Å². The van der Waals surface area contributed by atoms with Gasteiger partial charge in [-0.05, 0) is 30.7 Å². The van der Waals surface area contributed by atoms with Crippen LogP contribution in [0.2, 0.25) is 0 Å². The molecule has 0 atom stereocenters. The Morgan fingerprint density at radius 1 is 1.40 bits per heavy atom. The van der Waals surface area contributed by atoms with Gasteiger partial charge in [-0.1, -0.05) is 19.9 Å². The van der Waals surface area contributed by atoms with Gasteiger partial charge in [0.25, 0.3) is 0 Å². The molecule has 1 nitrogen and oxygen atoms in total. The second kappa shape index (κ2) is 6.13. The molecule has 0 aliphatic heterocycles. The Kier molecular flexibility index (Phi) is 5.12. The first-order valence-corrected chi connectivity index (χ1v) is 6.18. The molecule has 0 radical (unpaired) electrons. The molecule has 0 unspecified atom stereocenters. The summed E-state index contributed by atoms with van der Waals surface area (Å²) < 4.78 is 13.6. The molecule has 84 valence electrons. The third-order valence-electron chi connectivity index (χ3n) is 1.95. The van der Waals surface area contributed by atoms with Crippen molar-refractivity contribution < 1.29 is 4.39 Å². The third-order valence-corrected chi connectivity index (χ3v) is 3.42. The van der Waals surface area contributed by atoms with Gasteiger partial charge in [0.1, 0.15) is 5.82 Å². The van der Waals surface area contributed by atoms with Crippen LogP contribution in [0.1, 0.15) is 19.4 Å². The average molecular weight is 227 g/mol. The van der Waals surface area contributed by atoms with Gasteiger partial charge in [0.2, 0.25) is 0 Å². The van der Waals surface area contributed by atoms with Gasteiger partial charge in [0.15, 0.2) is 0 Å². The summed E-state index contributed by atoms with van der Waals surface area (Å²) in [5, 5.41) is 3.01. The first kappa shape index (κ1) is 12.5. The van der Waals surface area contributed by atoms with Crippen LogP contribution in [0.3, 0.4) is 0 Å². The van der Waals surface area contributed by atoms with Gasteiger partial charge in [-0.2, -0.15) is 0 Å². The third kappa shape index (κ3) is 4.22. The second-order valence-electron chi connectivity index (χ2n) is 4.00. The van der Waals surface area contributed by atoms with Crippen LogP contribution in [0.4, 0.5) is 4.39 Å². The maximum Gasteiger partial charge on any atom is 0.137 e. The monoisotopic (exact) mass is 227 g/mol. The Hall–Kier alpha value is -0.540. The smallest absolute Gasteiger partial charge is 0.137 e. The van der Waals surface area contributed by atoms with Crippen molar-refractivity contribution in [3.05, 3.63) is 29.6 Å². The highest BCUT2D eigenvalue weighted by Crippen LogP contribution is 2.24. The van der Waals surface area contributed by atoms with Gasteiger partial charge in [-0.3, -0.25) is 0 Å². The summed E-state index contributed by atoms with van der Waals surface area (Å²) in [6.45, 7) is 4.99. The summed E-state index contributed by atoms with van der Waals surface area (Å²) in [6.07, 6.45) is 0. The molecule has 0 heterocycles. The molecule has 0 fully saturated rings. The quantitative estimate of drug-likeness (QED) is 0.775. The predicted octanol–water partition coefficient (Wildman–Crippen LogP) is 3.29. The van der Waals surface area contributed by atoms with Gasteiger partial charge in [-0.25, -0.2) is 4.39 Å². The van der Waals surface area contributed by atoms with E-state index in [1.807, 2.05) is 19.2 Å². The molecule has 1 rings (SSSR count). The van der Waals surface area contributed by atoms with Crippen LogP contribution in [0.5, 0.6) is 0 Å². The maximum absolute atomic E-state index is 13.6. The molecular weight excluding hydrogens is 209 g/mol. The maximum atomic E-state index is 13.6. The van der Waals surface area contributed by atoms with Crippen molar-refractivity contribution in [2.75, 3.05) is 12.8 Å². The highest BCUT2D eigenvalue weighted by Gasteiger charge is 2.04. The van der Waals surface area contributed by atoms with Crippen LogP contribution in [0, 0.1) is 11.7 Å². The molecule has 0 aliphatic carbocycles. The molecule has 1 N–H and O–H groups in total. The van der Waals surface area contributed by atoms with Crippen LogP contribution >= 0.6 is 11.8 Å². The molecular formula is C12H18FNS. The lowest BCUT2D eigenvalue weighted by Gasteiger charge is -2.07. The molecule has 0 aromatic heterocycles. The van der Waals surface area contributed by atoms with Crippen molar-refractivity contribution in [2.45, 2.75) is 25.3 Å². The minimum atomic E-state index is -0.103. The molecule has 3 heteroatoms. The average Bonchev–Trinajstić information content (AvgIpc) is 2.17. The fourth-order valence-electron chi connectivity index (χ4n) is 1.23. The summed E-state index contributed by atoms with van der Waals surface area (Å²) in [5.41, 5.74) is 0.990. The molecule has 0 aliphatic rings. The zero-order valence-corrected chi connectivity index (χ0v) is 10.3. The van der Waals surface area contributed by atoms with Crippen LogP contribution in [0.15, 0.2) is 23.1 Å². The lowest BCUT2D eigenvalue weighted by Crippen LogP contribution is -2.05. The van der Waals surface area contributed by atoms with Crippen LogP contribution < -0.4 is 5.32 Å². The van der Waals surface area contributed by atoms with E-state index >= 15 is 0 Å². The van der Waals surface area contributed by atoms with Crippen molar-refractivity contribution in [3.63, 3.8) is 0 Å². The number of rotatable bonds is 5. The molecule has 0 saturated heterocycles. The van der Waals surface area contributed by atoms with Crippen molar-refractivity contribution in [2.24, 2.45) is 5.92 Å². The topological polar surface area (TPSA) is 12.0 Å². The number of hydrogen-bond donors (Lipinski definition) is 1. The summed E-state index contributed by atoms with van der Waals surface area (Å²) in [7, 11) is 1.86. The van der Waals surface area contributed by atoms with E-state index in [1.165, 1.54) is 0 Å². The van der Waals surface area contributed by atoms with E-state index in [1.54, 1.807) is 17.8 Å². The van der Waals surface area contributed by atoms with Crippen LogP contribution in [-0.4, -0.2) is 12.8 Å². The molecule has 15 heavy (non-hydrogen) atoms.